The van der Waals surface area contributed by atoms with Crippen molar-refractivity contribution in [1.29, 1.82) is 0 Å². The first-order valence-corrected chi connectivity index (χ1v) is 7.90. The van der Waals surface area contributed by atoms with E-state index in [-0.39, 0.29) is 5.56 Å². The van der Waals surface area contributed by atoms with Gasteiger partial charge in [-0.2, -0.15) is 0 Å². The maximum Gasteiger partial charge on any atom is 0.336 e. The molecule has 1 aromatic heterocycles. The number of fused-ring (bicyclic) bond motifs is 1. The largest absolute Gasteiger partial charge is 0.478 e. The Labute approximate surface area is 142 Å². The number of aryl methyl sites for hydroxylation is 1. The smallest absolute Gasteiger partial charge is 0.336 e. The first-order chi connectivity index (χ1) is 11.0. The minimum Gasteiger partial charge on any atom is -0.478 e. The van der Waals surface area contributed by atoms with Crippen LogP contribution < -0.4 is 0 Å². The van der Waals surface area contributed by atoms with Crippen molar-refractivity contribution in [2.45, 2.75) is 6.92 Å². The van der Waals surface area contributed by atoms with Gasteiger partial charge in [0.05, 0.1) is 16.8 Å². The number of aromatic nitrogens is 1. The molecule has 0 aliphatic rings. The third-order valence-corrected chi connectivity index (χ3v) is 4.00. The summed E-state index contributed by atoms with van der Waals surface area (Å²) < 4.78 is 0.831. The molecule has 0 spiro atoms. The highest BCUT2D eigenvalue weighted by Gasteiger charge is 2.11. The molecule has 3 aromatic rings. The standard InChI is InChI=1S/C19H14BrNO2/c1-12-3-2-4-13(9-12)5-7-15-11-17(19(22)23)16-10-14(20)6-8-18(16)21-15/h2-11H,1H3,(H,22,23). The minimum absolute atomic E-state index is 0.250. The topological polar surface area (TPSA) is 50.2 Å². The minimum atomic E-state index is -0.958. The highest BCUT2D eigenvalue weighted by atomic mass is 79.9. The van der Waals surface area contributed by atoms with Gasteiger partial charge in [-0.15, -0.1) is 0 Å². The van der Waals surface area contributed by atoms with Crippen molar-refractivity contribution in [3.8, 4) is 0 Å². The maximum absolute atomic E-state index is 11.5. The molecular weight excluding hydrogens is 354 g/mol. The van der Waals surface area contributed by atoms with Crippen LogP contribution in [0.2, 0.25) is 0 Å². The molecule has 1 N–H and O–H groups in total. The van der Waals surface area contributed by atoms with E-state index in [4.69, 9.17) is 0 Å². The Bertz CT molecular complexity index is 932. The van der Waals surface area contributed by atoms with Crippen LogP contribution in [-0.2, 0) is 0 Å². The van der Waals surface area contributed by atoms with Gasteiger partial charge in [0.1, 0.15) is 0 Å². The third kappa shape index (κ3) is 3.48. The van der Waals surface area contributed by atoms with Crippen LogP contribution in [0.25, 0.3) is 23.1 Å². The van der Waals surface area contributed by atoms with E-state index in [2.05, 4.69) is 27.0 Å². The fourth-order valence-electron chi connectivity index (χ4n) is 2.44. The average Bonchev–Trinajstić information content (AvgIpc) is 2.52. The van der Waals surface area contributed by atoms with Crippen molar-refractivity contribution < 1.29 is 9.90 Å². The quantitative estimate of drug-likeness (QED) is 0.694. The lowest BCUT2D eigenvalue weighted by Gasteiger charge is -2.05. The summed E-state index contributed by atoms with van der Waals surface area (Å²) in [5.74, 6) is -0.958. The molecule has 0 amide bonds. The molecule has 114 valence electrons. The van der Waals surface area contributed by atoms with E-state index >= 15 is 0 Å². The molecule has 0 unspecified atom stereocenters. The van der Waals surface area contributed by atoms with E-state index < -0.39 is 5.97 Å². The number of pyridine rings is 1. The number of aromatic carboxylic acids is 1. The van der Waals surface area contributed by atoms with Crippen LogP contribution in [0.3, 0.4) is 0 Å². The molecule has 23 heavy (non-hydrogen) atoms. The van der Waals surface area contributed by atoms with Gasteiger partial charge < -0.3 is 5.11 Å². The van der Waals surface area contributed by atoms with Crippen molar-refractivity contribution in [3.63, 3.8) is 0 Å². The Hall–Kier alpha value is -2.46. The second-order valence-electron chi connectivity index (χ2n) is 5.31. The van der Waals surface area contributed by atoms with Crippen molar-refractivity contribution in [3.05, 3.63) is 75.4 Å². The third-order valence-electron chi connectivity index (χ3n) is 3.51. The molecule has 0 aliphatic heterocycles. The summed E-state index contributed by atoms with van der Waals surface area (Å²) in [6.45, 7) is 2.03. The normalized spacial score (nSPS) is 11.2. The number of hydrogen-bond donors (Lipinski definition) is 1. The van der Waals surface area contributed by atoms with Gasteiger partial charge in [0.15, 0.2) is 0 Å². The summed E-state index contributed by atoms with van der Waals surface area (Å²) in [5.41, 5.74) is 3.77. The van der Waals surface area contributed by atoms with E-state index in [1.165, 1.54) is 5.56 Å². The van der Waals surface area contributed by atoms with Gasteiger partial charge in [0.2, 0.25) is 0 Å². The summed E-state index contributed by atoms with van der Waals surface area (Å²) in [6, 6.07) is 15.1. The Morgan fingerprint density at radius 2 is 1.96 bits per heavy atom. The van der Waals surface area contributed by atoms with Gasteiger partial charge in [-0.3, -0.25) is 0 Å². The predicted octanol–water partition coefficient (Wildman–Crippen LogP) is 5.17. The lowest BCUT2D eigenvalue weighted by molar-refractivity contribution is 0.0699. The summed E-state index contributed by atoms with van der Waals surface area (Å²) >= 11 is 3.37. The fraction of sp³-hybridized carbons (Fsp3) is 0.0526. The molecule has 0 atom stereocenters. The number of halogens is 1. The predicted molar refractivity (Wildman–Crippen MR) is 96.5 cm³/mol. The van der Waals surface area contributed by atoms with Crippen molar-refractivity contribution in [2.24, 2.45) is 0 Å². The van der Waals surface area contributed by atoms with E-state index in [9.17, 15) is 9.90 Å². The van der Waals surface area contributed by atoms with Gasteiger partial charge in [0.25, 0.3) is 0 Å². The molecule has 1 heterocycles. The summed E-state index contributed by atoms with van der Waals surface area (Å²) in [7, 11) is 0. The van der Waals surface area contributed by atoms with E-state index in [1.54, 1.807) is 12.1 Å². The van der Waals surface area contributed by atoms with Crippen LogP contribution in [-0.4, -0.2) is 16.1 Å². The molecule has 2 aromatic carbocycles. The number of nitrogens with zero attached hydrogens (tertiary/aromatic N) is 1. The molecule has 0 fully saturated rings. The van der Waals surface area contributed by atoms with E-state index in [0.29, 0.717) is 16.6 Å². The lowest BCUT2D eigenvalue weighted by Crippen LogP contribution is -2.00. The van der Waals surface area contributed by atoms with Gasteiger partial charge in [0, 0.05) is 9.86 Å². The zero-order valence-electron chi connectivity index (χ0n) is 12.5. The highest BCUT2D eigenvalue weighted by Crippen LogP contribution is 2.23. The maximum atomic E-state index is 11.5. The summed E-state index contributed by atoms with van der Waals surface area (Å²) in [5, 5.41) is 10.1. The lowest BCUT2D eigenvalue weighted by atomic mass is 10.1. The van der Waals surface area contributed by atoms with Crippen LogP contribution in [0.1, 0.15) is 27.2 Å². The number of carbonyl (C=O) groups is 1. The molecule has 0 radical (unpaired) electrons. The number of rotatable bonds is 3. The van der Waals surface area contributed by atoms with Crippen LogP contribution >= 0.6 is 15.9 Å². The second-order valence-corrected chi connectivity index (χ2v) is 6.22. The van der Waals surface area contributed by atoms with Gasteiger partial charge >= 0.3 is 5.97 Å². The molecule has 0 saturated carbocycles. The molecule has 4 heteroatoms. The Morgan fingerprint density at radius 3 is 2.70 bits per heavy atom. The first kappa shape index (κ1) is 15.4. The van der Waals surface area contributed by atoms with Crippen molar-refractivity contribution in [2.75, 3.05) is 0 Å². The number of benzene rings is 2. The Balaban J connectivity index is 2.08. The zero-order chi connectivity index (χ0) is 16.4. The molecule has 0 saturated heterocycles. The van der Waals surface area contributed by atoms with Crippen LogP contribution in [0.4, 0.5) is 0 Å². The van der Waals surface area contributed by atoms with E-state index in [1.807, 2.05) is 49.4 Å². The molecular formula is C19H14BrNO2. The monoisotopic (exact) mass is 367 g/mol. The second kappa shape index (κ2) is 6.34. The average molecular weight is 368 g/mol. The van der Waals surface area contributed by atoms with E-state index in [0.717, 1.165) is 10.0 Å². The fourth-order valence-corrected chi connectivity index (χ4v) is 2.80. The zero-order valence-corrected chi connectivity index (χ0v) is 14.0. The van der Waals surface area contributed by atoms with Crippen LogP contribution in [0.15, 0.2) is 53.0 Å². The van der Waals surface area contributed by atoms with Gasteiger partial charge in [-0.1, -0.05) is 51.8 Å². The summed E-state index contributed by atoms with van der Waals surface area (Å²) in [4.78, 5) is 16.1. The van der Waals surface area contributed by atoms with Crippen molar-refractivity contribution >= 4 is 45.0 Å². The molecule has 0 aliphatic carbocycles. The highest BCUT2D eigenvalue weighted by molar-refractivity contribution is 9.10. The Kier molecular flexibility index (Phi) is 4.26. The SMILES string of the molecule is Cc1cccc(C=Cc2cc(C(=O)O)c3cc(Br)ccc3n2)c1. The van der Waals surface area contributed by atoms with Gasteiger partial charge in [-0.05, 0) is 42.8 Å². The van der Waals surface area contributed by atoms with Crippen molar-refractivity contribution in [1.82, 2.24) is 4.98 Å². The van der Waals surface area contributed by atoms with Gasteiger partial charge in [-0.25, -0.2) is 9.78 Å². The summed E-state index contributed by atoms with van der Waals surface area (Å²) in [6.07, 6.45) is 3.77. The Morgan fingerprint density at radius 1 is 1.13 bits per heavy atom. The number of hydrogen-bond acceptors (Lipinski definition) is 2. The molecule has 3 nitrogen and oxygen atoms in total. The molecule has 0 bridgehead atoms. The van der Waals surface area contributed by atoms with Crippen LogP contribution in [0, 0.1) is 6.92 Å². The first-order valence-electron chi connectivity index (χ1n) is 7.11. The molecule has 3 rings (SSSR count). The van der Waals surface area contributed by atoms with Crippen LogP contribution in [0.5, 0.6) is 0 Å². The number of carboxylic acids is 1. The number of carboxylic acid groups (broad SMARTS) is 1.